The predicted molar refractivity (Wildman–Crippen MR) is 60.7 cm³/mol. The van der Waals surface area contributed by atoms with Crippen molar-refractivity contribution in [3.05, 3.63) is 0 Å². The Labute approximate surface area is 96.4 Å². The van der Waals surface area contributed by atoms with Gasteiger partial charge in [-0.05, 0) is 19.8 Å². The normalized spacial score (nSPS) is 23.2. The standard InChI is InChI=1S/C10H19NO4S/c1-2-11(5-3-6-12)10(13)9-4-7-16(14,15)8-9/h9,12H,2-8H2,1H3. The van der Waals surface area contributed by atoms with Crippen LogP contribution in [0.4, 0.5) is 0 Å². The van der Waals surface area contributed by atoms with Crippen molar-refractivity contribution in [2.24, 2.45) is 5.92 Å². The number of amides is 1. The molecule has 1 aliphatic heterocycles. The Morgan fingerprint density at radius 3 is 2.62 bits per heavy atom. The number of nitrogens with zero attached hydrogens (tertiary/aromatic N) is 1. The van der Waals surface area contributed by atoms with Gasteiger partial charge in [0.05, 0.1) is 17.4 Å². The van der Waals surface area contributed by atoms with E-state index in [0.29, 0.717) is 25.9 Å². The van der Waals surface area contributed by atoms with E-state index in [0.717, 1.165) is 0 Å². The average molecular weight is 249 g/mol. The lowest BCUT2D eigenvalue weighted by Gasteiger charge is -2.23. The minimum Gasteiger partial charge on any atom is -0.396 e. The highest BCUT2D eigenvalue weighted by molar-refractivity contribution is 7.91. The lowest BCUT2D eigenvalue weighted by Crippen LogP contribution is -2.37. The molecule has 1 atom stereocenters. The van der Waals surface area contributed by atoms with Gasteiger partial charge < -0.3 is 10.0 Å². The summed E-state index contributed by atoms with van der Waals surface area (Å²) in [7, 11) is -3.00. The van der Waals surface area contributed by atoms with Crippen molar-refractivity contribution in [1.82, 2.24) is 4.90 Å². The molecule has 0 saturated carbocycles. The van der Waals surface area contributed by atoms with Crippen molar-refractivity contribution >= 4 is 15.7 Å². The molecule has 0 aromatic carbocycles. The van der Waals surface area contributed by atoms with Gasteiger partial charge in [-0.2, -0.15) is 0 Å². The molecule has 5 nitrogen and oxygen atoms in total. The van der Waals surface area contributed by atoms with Crippen LogP contribution in [0.3, 0.4) is 0 Å². The monoisotopic (exact) mass is 249 g/mol. The first kappa shape index (κ1) is 13.4. The van der Waals surface area contributed by atoms with Crippen molar-refractivity contribution in [1.29, 1.82) is 0 Å². The van der Waals surface area contributed by atoms with E-state index in [2.05, 4.69) is 0 Å². The van der Waals surface area contributed by atoms with E-state index in [4.69, 9.17) is 5.11 Å². The van der Waals surface area contributed by atoms with Crippen molar-refractivity contribution in [3.63, 3.8) is 0 Å². The molecule has 0 aliphatic carbocycles. The Morgan fingerprint density at radius 2 is 2.19 bits per heavy atom. The second-order valence-corrected chi connectivity index (χ2v) is 6.32. The van der Waals surface area contributed by atoms with Crippen molar-refractivity contribution < 1.29 is 18.3 Å². The van der Waals surface area contributed by atoms with Crippen LogP contribution in [0.1, 0.15) is 19.8 Å². The summed E-state index contributed by atoms with van der Waals surface area (Å²) in [5, 5.41) is 8.71. The smallest absolute Gasteiger partial charge is 0.226 e. The maximum absolute atomic E-state index is 12.0. The maximum atomic E-state index is 12.0. The van der Waals surface area contributed by atoms with Gasteiger partial charge in [0.25, 0.3) is 0 Å². The van der Waals surface area contributed by atoms with Crippen LogP contribution in [0.5, 0.6) is 0 Å². The highest BCUT2D eigenvalue weighted by atomic mass is 32.2. The molecule has 1 aliphatic rings. The SMILES string of the molecule is CCN(CCCO)C(=O)C1CCS(=O)(=O)C1. The summed E-state index contributed by atoms with van der Waals surface area (Å²) >= 11 is 0. The largest absolute Gasteiger partial charge is 0.396 e. The summed E-state index contributed by atoms with van der Waals surface area (Å²) in [5.41, 5.74) is 0. The minimum atomic E-state index is -3.00. The number of aliphatic hydroxyl groups is 1. The predicted octanol–water partition coefficient (Wildman–Crippen LogP) is -0.348. The van der Waals surface area contributed by atoms with Gasteiger partial charge in [-0.1, -0.05) is 0 Å². The summed E-state index contributed by atoms with van der Waals surface area (Å²) in [5.74, 6) is -0.344. The molecule has 1 amide bonds. The summed E-state index contributed by atoms with van der Waals surface area (Å²) in [6, 6.07) is 0. The molecule has 6 heteroatoms. The summed E-state index contributed by atoms with van der Waals surface area (Å²) in [6.45, 7) is 2.98. The van der Waals surface area contributed by atoms with E-state index in [9.17, 15) is 13.2 Å². The van der Waals surface area contributed by atoms with E-state index in [-0.39, 0.29) is 29.9 Å². The van der Waals surface area contributed by atoms with Crippen molar-refractivity contribution in [2.45, 2.75) is 19.8 Å². The number of sulfone groups is 1. The molecule has 0 aromatic rings. The molecule has 94 valence electrons. The fraction of sp³-hybridized carbons (Fsp3) is 0.900. The van der Waals surface area contributed by atoms with E-state index in [1.807, 2.05) is 6.92 Å². The highest BCUT2D eigenvalue weighted by Crippen LogP contribution is 2.20. The maximum Gasteiger partial charge on any atom is 0.226 e. The zero-order chi connectivity index (χ0) is 12.2. The van der Waals surface area contributed by atoms with Crippen LogP contribution in [-0.4, -0.2) is 55.5 Å². The van der Waals surface area contributed by atoms with Gasteiger partial charge in [0, 0.05) is 19.7 Å². The van der Waals surface area contributed by atoms with Crippen LogP contribution >= 0.6 is 0 Å². The molecular formula is C10H19NO4S. The zero-order valence-electron chi connectivity index (χ0n) is 9.55. The quantitative estimate of drug-likeness (QED) is 0.723. The molecule has 1 saturated heterocycles. The zero-order valence-corrected chi connectivity index (χ0v) is 10.4. The van der Waals surface area contributed by atoms with Crippen LogP contribution in [0.25, 0.3) is 0 Å². The minimum absolute atomic E-state index is 0.0124. The third-order valence-electron chi connectivity index (χ3n) is 2.86. The molecular weight excluding hydrogens is 230 g/mol. The first-order valence-corrected chi connectivity index (χ1v) is 7.42. The number of carbonyl (C=O) groups excluding carboxylic acids is 1. The molecule has 0 radical (unpaired) electrons. The molecule has 0 bridgehead atoms. The molecule has 1 rings (SSSR count). The number of rotatable bonds is 5. The van der Waals surface area contributed by atoms with Gasteiger partial charge in [-0.25, -0.2) is 8.42 Å². The Balaban J connectivity index is 2.55. The van der Waals surface area contributed by atoms with E-state index < -0.39 is 9.84 Å². The van der Waals surface area contributed by atoms with E-state index in [1.54, 1.807) is 4.90 Å². The number of aliphatic hydroxyl groups excluding tert-OH is 1. The topological polar surface area (TPSA) is 74.7 Å². The first-order chi connectivity index (χ1) is 7.50. The van der Waals surface area contributed by atoms with Crippen LogP contribution in [-0.2, 0) is 14.6 Å². The first-order valence-electron chi connectivity index (χ1n) is 5.60. The fourth-order valence-corrected chi connectivity index (χ4v) is 3.67. The highest BCUT2D eigenvalue weighted by Gasteiger charge is 2.34. The van der Waals surface area contributed by atoms with E-state index >= 15 is 0 Å². The van der Waals surface area contributed by atoms with Crippen molar-refractivity contribution in [2.75, 3.05) is 31.2 Å². The summed E-state index contributed by atoms with van der Waals surface area (Å²) in [4.78, 5) is 13.6. The van der Waals surface area contributed by atoms with Gasteiger partial charge in [0.15, 0.2) is 9.84 Å². The Hall–Kier alpha value is -0.620. The Bertz CT molecular complexity index is 339. The molecule has 0 spiro atoms. The van der Waals surface area contributed by atoms with Gasteiger partial charge >= 0.3 is 0 Å². The van der Waals surface area contributed by atoms with E-state index in [1.165, 1.54) is 0 Å². The van der Waals surface area contributed by atoms with Crippen LogP contribution in [0, 0.1) is 5.92 Å². The van der Waals surface area contributed by atoms with Crippen molar-refractivity contribution in [3.8, 4) is 0 Å². The van der Waals surface area contributed by atoms with Crippen LogP contribution in [0.15, 0.2) is 0 Å². The summed E-state index contributed by atoms with van der Waals surface area (Å²) in [6.07, 6.45) is 0.982. The van der Waals surface area contributed by atoms with Gasteiger partial charge in [0.1, 0.15) is 0 Å². The summed E-state index contributed by atoms with van der Waals surface area (Å²) < 4.78 is 22.5. The lowest BCUT2D eigenvalue weighted by molar-refractivity contribution is -0.134. The third kappa shape index (κ3) is 3.45. The van der Waals surface area contributed by atoms with Gasteiger partial charge in [-0.3, -0.25) is 4.79 Å². The van der Waals surface area contributed by atoms with Gasteiger partial charge in [0.2, 0.25) is 5.91 Å². The lowest BCUT2D eigenvalue weighted by atomic mass is 10.1. The second kappa shape index (κ2) is 5.63. The third-order valence-corrected chi connectivity index (χ3v) is 4.63. The molecule has 16 heavy (non-hydrogen) atoms. The van der Waals surface area contributed by atoms with Crippen LogP contribution in [0.2, 0.25) is 0 Å². The molecule has 1 fully saturated rings. The Morgan fingerprint density at radius 1 is 1.50 bits per heavy atom. The van der Waals surface area contributed by atoms with Crippen LogP contribution < -0.4 is 0 Å². The molecule has 1 heterocycles. The number of hydrogen-bond donors (Lipinski definition) is 1. The van der Waals surface area contributed by atoms with Gasteiger partial charge in [-0.15, -0.1) is 0 Å². The second-order valence-electron chi connectivity index (χ2n) is 4.10. The molecule has 0 aromatic heterocycles. The Kier molecular flexibility index (Phi) is 4.73. The molecule has 1 N–H and O–H groups in total. The fourth-order valence-electron chi connectivity index (χ4n) is 1.93. The molecule has 1 unspecified atom stereocenters. The number of hydrogen-bond acceptors (Lipinski definition) is 4. The average Bonchev–Trinajstić information content (AvgIpc) is 2.59. The number of carbonyl (C=O) groups is 1.